The molecule has 1 aliphatic rings. The van der Waals surface area contributed by atoms with Crippen LogP contribution in [0.3, 0.4) is 0 Å². The Bertz CT molecular complexity index is 707. The predicted octanol–water partition coefficient (Wildman–Crippen LogP) is 4.65. The van der Waals surface area contributed by atoms with Crippen molar-refractivity contribution in [3.8, 4) is 0 Å². The minimum Gasteiger partial charge on any atom is -0.449 e. The summed E-state index contributed by atoms with van der Waals surface area (Å²) in [5, 5.41) is 5.56. The highest BCUT2D eigenvalue weighted by molar-refractivity contribution is 5.67. The van der Waals surface area contributed by atoms with Gasteiger partial charge in [-0.1, -0.05) is 60.7 Å². The Morgan fingerprint density at radius 1 is 0.667 bits per heavy atom. The number of ether oxygens (including phenoxy) is 2. The van der Waals surface area contributed by atoms with E-state index >= 15 is 0 Å². The van der Waals surface area contributed by atoms with Crippen LogP contribution in [0.25, 0.3) is 0 Å². The first-order chi connectivity index (χ1) is 14.7. The van der Waals surface area contributed by atoms with Crippen molar-refractivity contribution in [2.45, 2.75) is 38.8 Å². The summed E-state index contributed by atoms with van der Waals surface area (Å²) in [7, 11) is 0. The maximum Gasteiger partial charge on any atom is 0.407 e. The predicted molar refractivity (Wildman–Crippen MR) is 115 cm³/mol. The van der Waals surface area contributed by atoms with E-state index in [9.17, 15) is 9.59 Å². The van der Waals surface area contributed by atoms with Crippen LogP contribution in [0.5, 0.6) is 0 Å². The monoisotopic (exact) mass is 410 g/mol. The number of rotatable bonds is 8. The molecule has 2 N–H and O–H groups in total. The van der Waals surface area contributed by atoms with Crippen LogP contribution >= 0.6 is 0 Å². The van der Waals surface area contributed by atoms with Crippen molar-refractivity contribution in [1.29, 1.82) is 0 Å². The van der Waals surface area contributed by atoms with Crippen molar-refractivity contribution in [3.05, 3.63) is 71.8 Å². The number of alkyl carbamates (subject to hydrolysis) is 2. The van der Waals surface area contributed by atoms with Crippen LogP contribution in [0.4, 0.5) is 9.59 Å². The van der Waals surface area contributed by atoms with Crippen LogP contribution < -0.4 is 10.6 Å². The Hall–Kier alpha value is -3.02. The molecular weight excluding hydrogens is 380 g/mol. The lowest BCUT2D eigenvalue weighted by Gasteiger charge is -2.27. The van der Waals surface area contributed by atoms with E-state index in [1.807, 2.05) is 60.7 Å². The van der Waals surface area contributed by atoms with Gasteiger partial charge < -0.3 is 20.1 Å². The van der Waals surface area contributed by atoms with Gasteiger partial charge in [-0.3, -0.25) is 0 Å². The molecule has 0 saturated heterocycles. The smallest absolute Gasteiger partial charge is 0.407 e. The summed E-state index contributed by atoms with van der Waals surface area (Å²) >= 11 is 0. The number of carbonyl (C=O) groups excluding carboxylic acids is 2. The lowest BCUT2D eigenvalue weighted by molar-refractivity contribution is 0.0853. The molecular formula is C24H30N2O4. The van der Waals surface area contributed by atoms with Gasteiger partial charge in [0.25, 0.3) is 0 Å². The standard InChI is InChI=1S/C24H30N2O4/c27-23(25-15-19-7-3-1-4-8-19)29-17-21-11-13-22(14-12-21)18-30-24(28)26-16-20-9-5-2-6-10-20/h1-10,21-22H,11-18H2,(H,25,27)(H,26,28). The normalized spacial score (nSPS) is 18.3. The topological polar surface area (TPSA) is 76.7 Å². The minimum absolute atomic E-state index is 0.371. The van der Waals surface area contributed by atoms with E-state index in [2.05, 4.69) is 10.6 Å². The van der Waals surface area contributed by atoms with Crippen molar-refractivity contribution in [2.24, 2.45) is 11.8 Å². The molecule has 1 fully saturated rings. The van der Waals surface area contributed by atoms with Crippen LogP contribution in [0.2, 0.25) is 0 Å². The Labute approximate surface area is 178 Å². The van der Waals surface area contributed by atoms with Crippen molar-refractivity contribution >= 4 is 12.2 Å². The van der Waals surface area contributed by atoms with Gasteiger partial charge in [-0.2, -0.15) is 0 Å². The SMILES string of the molecule is O=C(NCc1ccccc1)OCC1CCC(COC(=O)NCc2ccccc2)CC1. The lowest BCUT2D eigenvalue weighted by Crippen LogP contribution is -2.29. The number of nitrogens with one attached hydrogen (secondary N) is 2. The zero-order valence-corrected chi connectivity index (χ0v) is 17.2. The second kappa shape index (κ2) is 11.9. The van der Waals surface area contributed by atoms with E-state index in [0.29, 0.717) is 38.1 Å². The van der Waals surface area contributed by atoms with E-state index in [-0.39, 0.29) is 12.2 Å². The summed E-state index contributed by atoms with van der Waals surface area (Å²) < 4.78 is 10.7. The number of benzene rings is 2. The Morgan fingerprint density at radius 3 is 1.40 bits per heavy atom. The van der Waals surface area contributed by atoms with Gasteiger partial charge in [0.1, 0.15) is 0 Å². The van der Waals surface area contributed by atoms with Crippen molar-refractivity contribution in [3.63, 3.8) is 0 Å². The summed E-state index contributed by atoms with van der Waals surface area (Å²) in [5.74, 6) is 0.742. The molecule has 30 heavy (non-hydrogen) atoms. The molecule has 0 spiro atoms. The fourth-order valence-electron chi connectivity index (χ4n) is 3.59. The number of carbonyl (C=O) groups is 2. The molecule has 0 bridgehead atoms. The Balaban J connectivity index is 1.24. The molecule has 2 aromatic carbocycles. The maximum atomic E-state index is 11.9. The van der Waals surface area contributed by atoms with E-state index in [4.69, 9.17) is 9.47 Å². The second-order valence-corrected chi connectivity index (χ2v) is 7.76. The summed E-state index contributed by atoms with van der Waals surface area (Å²) in [6.45, 7) is 1.81. The molecule has 6 nitrogen and oxygen atoms in total. The fraction of sp³-hybridized carbons (Fsp3) is 0.417. The van der Waals surface area contributed by atoms with Crippen molar-refractivity contribution < 1.29 is 19.1 Å². The van der Waals surface area contributed by atoms with Crippen LogP contribution in [0, 0.1) is 11.8 Å². The average molecular weight is 411 g/mol. The van der Waals surface area contributed by atoms with Gasteiger partial charge in [0.05, 0.1) is 13.2 Å². The second-order valence-electron chi connectivity index (χ2n) is 7.76. The molecule has 6 heteroatoms. The molecule has 0 atom stereocenters. The average Bonchev–Trinajstić information content (AvgIpc) is 2.80. The number of hydrogen-bond acceptors (Lipinski definition) is 4. The molecule has 0 radical (unpaired) electrons. The summed E-state index contributed by atoms with van der Waals surface area (Å²) in [6.07, 6.45) is 3.16. The highest BCUT2D eigenvalue weighted by Crippen LogP contribution is 2.29. The fourth-order valence-corrected chi connectivity index (χ4v) is 3.59. The van der Waals surface area contributed by atoms with Gasteiger partial charge in [0, 0.05) is 13.1 Å². The zero-order chi connectivity index (χ0) is 21.0. The molecule has 0 unspecified atom stereocenters. The molecule has 3 rings (SSSR count). The summed E-state index contributed by atoms with van der Waals surface area (Å²) in [5.41, 5.74) is 2.09. The van der Waals surface area contributed by atoms with Crippen molar-refractivity contribution in [1.82, 2.24) is 10.6 Å². The molecule has 2 amide bonds. The molecule has 0 heterocycles. The number of amides is 2. The lowest BCUT2D eigenvalue weighted by atomic mass is 9.83. The molecule has 2 aromatic rings. The van der Waals surface area contributed by atoms with E-state index in [1.165, 1.54) is 0 Å². The molecule has 1 saturated carbocycles. The molecule has 0 aromatic heterocycles. The minimum atomic E-state index is -0.376. The highest BCUT2D eigenvalue weighted by atomic mass is 16.6. The van der Waals surface area contributed by atoms with Crippen LogP contribution in [-0.2, 0) is 22.6 Å². The van der Waals surface area contributed by atoms with Gasteiger partial charge in [-0.25, -0.2) is 9.59 Å². The van der Waals surface area contributed by atoms with Gasteiger partial charge in [0.15, 0.2) is 0 Å². The van der Waals surface area contributed by atoms with Gasteiger partial charge >= 0.3 is 12.2 Å². The van der Waals surface area contributed by atoms with Crippen molar-refractivity contribution in [2.75, 3.05) is 13.2 Å². The van der Waals surface area contributed by atoms with E-state index < -0.39 is 0 Å². The molecule has 160 valence electrons. The van der Waals surface area contributed by atoms with E-state index in [1.54, 1.807) is 0 Å². The van der Waals surface area contributed by atoms with Crippen LogP contribution in [-0.4, -0.2) is 25.4 Å². The third kappa shape index (κ3) is 7.78. The first kappa shape index (κ1) is 21.7. The Kier molecular flexibility index (Phi) is 8.57. The molecule has 0 aliphatic heterocycles. The third-order valence-corrected chi connectivity index (χ3v) is 5.43. The van der Waals surface area contributed by atoms with Crippen LogP contribution in [0.1, 0.15) is 36.8 Å². The molecule has 1 aliphatic carbocycles. The Morgan fingerprint density at radius 2 is 1.03 bits per heavy atom. The van der Waals surface area contributed by atoms with Gasteiger partial charge in [-0.05, 0) is 48.6 Å². The van der Waals surface area contributed by atoms with E-state index in [0.717, 1.165) is 36.8 Å². The highest BCUT2D eigenvalue weighted by Gasteiger charge is 2.23. The first-order valence-corrected chi connectivity index (χ1v) is 10.6. The van der Waals surface area contributed by atoms with Gasteiger partial charge in [-0.15, -0.1) is 0 Å². The van der Waals surface area contributed by atoms with Gasteiger partial charge in [0.2, 0.25) is 0 Å². The summed E-state index contributed by atoms with van der Waals surface area (Å²) in [4.78, 5) is 23.7. The first-order valence-electron chi connectivity index (χ1n) is 10.6. The summed E-state index contributed by atoms with van der Waals surface area (Å²) in [6, 6.07) is 19.5. The third-order valence-electron chi connectivity index (χ3n) is 5.43. The largest absolute Gasteiger partial charge is 0.449 e. The zero-order valence-electron chi connectivity index (χ0n) is 17.2. The quantitative estimate of drug-likeness (QED) is 0.664. The number of hydrogen-bond donors (Lipinski definition) is 2. The maximum absolute atomic E-state index is 11.9. The van der Waals surface area contributed by atoms with Crippen LogP contribution in [0.15, 0.2) is 60.7 Å².